The number of nitrogens with one attached hydrogen (secondary N) is 1. The van der Waals surface area contributed by atoms with Gasteiger partial charge in [0.1, 0.15) is 6.10 Å². The van der Waals surface area contributed by atoms with Gasteiger partial charge in [0.15, 0.2) is 0 Å². The molecule has 0 spiro atoms. The standard InChI is InChI=1S/C29H38Cl2N2O3/c1-28-11-10-24-22(7-6-20-17-26(34)32-18-29(20,24)2)23(28)8-9-25(28)36-27(35)19-4-3-5-21(16-19)33(14-12-30)15-13-31/h3-5,16-17,22-25H,6-15,18H2,1-2H3,(H,32,34)/t22-,23-,24-,25-,28-,29-/m0/s1. The zero-order valence-electron chi connectivity index (χ0n) is 21.4. The zero-order valence-corrected chi connectivity index (χ0v) is 22.9. The van der Waals surface area contributed by atoms with Crippen molar-refractivity contribution < 1.29 is 14.3 Å². The van der Waals surface area contributed by atoms with Crippen LogP contribution in [0.2, 0.25) is 0 Å². The summed E-state index contributed by atoms with van der Waals surface area (Å²) >= 11 is 12.0. The maximum absolute atomic E-state index is 13.3. The number of rotatable bonds is 7. The van der Waals surface area contributed by atoms with Gasteiger partial charge in [0.25, 0.3) is 0 Å². The third-order valence-electron chi connectivity index (χ3n) is 9.99. The fraction of sp³-hybridized carbons (Fsp3) is 0.655. The molecule has 3 fully saturated rings. The molecule has 0 aromatic heterocycles. The van der Waals surface area contributed by atoms with Gasteiger partial charge in [0.05, 0.1) is 5.56 Å². The minimum atomic E-state index is -0.238. The third-order valence-corrected chi connectivity index (χ3v) is 10.3. The van der Waals surface area contributed by atoms with Crippen molar-refractivity contribution in [3.05, 3.63) is 41.5 Å². The number of anilines is 1. The van der Waals surface area contributed by atoms with Crippen LogP contribution in [0.5, 0.6) is 0 Å². The zero-order chi connectivity index (χ0) is 25.5. The Morgan fingerprint density at radius 3 is 2.64 bits per heavy atom. The Balaban J connectivity index is 1.31. The van der Waals surface area contributed by atoms with Crippen LogP contribution in [0.3, 0.4) is 0 Å². The fourth-order valence-corrected chi connectivity index (χ4v) is 8.44. The number of esters is 1. The number of halogens is 2. The molecule has 0 unspecified atom stereocenters. The molecule has 1 N–H and O–H groups in total. The molecule has 3 aliphatic carbocycles. The SMILES string of the molecule is C[C@]12CC[C@H]3[C@@H](CCC4=CC(=O)NC[C@@]43C)[C@@H]1CC[C@@H]2OC(=O)c1cccc(N(CCCl)CCCl)c1. The van der Waals surface area contributed by atoms with Crippen molar-refractivity contribution in [3.8, 4) is 0 Å². The second kappa shape index (κ2) is 10.2. The number of fused-ring (bicyclic) bond motifs is 5. The van der Waals surface area contributed by atoms with E-state index in [0.717, 1.165) is 50.8 Å². The minimum absolute atomic E-state index is 0.00716. The summed E-state index contributed by atoms with van der Waals surface area (Å²) in [5, 5.41) is 3.10. The molecule has 1 aromatic rings. The van der Waals surface area contributed by atoms with Gasteiger partial charge in [-0.2, -0.15) is 0 Å². The van der Waals surface area contributed by atoms with Crippen LogP contribution in [-0.2, 0) is 9.53 Å². The molecular weight excluding hydrogens is 495 g/mol. The third kappa shape index (κ3) is 4.45. The van der Waals surface area contributed by atoms with Gasteiger partial charge in [-0.1, -0.05) is 25.5 Å². The van der Waals surface area contributed by atoms with Crippen LogP contribution in [0, 0.1) is 28.6 Å². The van der Waals surface area contributed by atoms with Crippen molar-refractivity contribution in [1.82, 2.24) is 5.32 Å². The molecule has 5 nitrogen and oxygen atoms in total. The Hall–Kier alpha value is -1.72. The van der Waals surface area contributed by atoms with E-state index in [1.54, 1.807) is 0 Å². The first-order chi connectivity index (χ1) is 17.3. The largest absolute Gasteiger partial charge is 0.458 e. The van der Waals surface area contributed by atoms with Crippen LogP contribution in [0.4, 0.5) is 5.69 Å². The molecule has 4 aliphatic rings. The first kappa shape index (κ1) is 25.9. The highest BCUT2D eigenvalue weighted by Crippen LogP contribution is 2.64. The van der Waals surface area contributed by atoms with Gasteiger partial charge < -0.3 is 15.0 Å². The van der Waals surface area contributed by atoms with Crippen molar-refractivity contribution >= 4 is 40.8 Å². The summed E-state index contributed by atoms with van der Waals surface area (Å²) in [6.45, 7) is 6.82. The van der Waals surface area contributed by atoms with Crippen LogP contribution in [0.1, 0.15) is 62.7 Å². The van der Waals surface area contributed by atoms with Crippen molar-refractivity contribution in [1.29, 1.82) is 0 Å². The molecule has 196 valence electrons. The summed E-state index contributed by atoms with van der Waals surface area (Å²) in [6, 6.07) is 7.64. The summed E-state index contributed by atoms with van der Waals surface area (Å²) in [6.07, 6.45) is 8.17. The first-order valence-electron chi connectivity index (χ1n) is 13.5. The Kier molecular flexibility index (Phi) is 7.35. The molecule has 5 rings (SSSR count). The van der Waals surface area contributed by atoms with Gasteiger partial charge >= 0.3 is 5.97 Å². The number of hydrogen-bond acceptors (Lipinski definition) is 4. The van der Waals surface area contributed by atoms with Gasteiger partial charge in [-0.05, 0) is 74.5 Å². The lowest BCUT2D eigenvalue weighted by Crippen LogP contribution is -2.55. The van der Waals surface area contributed by atoms with Gasteiger partial charge in [0, 0.05) is 54.0 Å². The quantitative estimate of drug-likeness (QED) is 0.356. The maximum Gasteiger partial charge on any atom is 0.338 e. The molecule has 0 bridgehead atoms. The number of amides is 1. The van der Waals surface area contributed by atoms with Gasteiger partial charge in [0.2, 0.25) is 5.91 Å². The Morgan fingerprint density at radius 2 is 1.89 bits per heavy atom. The molecule has 36 heavy (non-hydrogen) atoms. The second-order valence-electron chi connectivity index (χ2n) is 11.7. The van der Waals surface area contributed by atoms with Crippen molar-refractivity contribution in [3.63, 3.8) is 0 Å². The summed E-state index contributed by atoms with van der Waals surface area (Å²) in [5.41, 5.74) is 2.94. The summed E-state index contributed by atoms with van der Waals surface area (Å²) < 4.78 is 6.27. The van der Waals surface area contributed by atoms with Crippen LogP contribution >= 0.6 is 23.2 Å². The van der Waals surface area contributed by atoms with Crippen LogP contribution in [-0.4, -0.2) is 49.4 Å². The Labute approximate surface area is 224 Å². The predicted octanol–water partition coefficient (Wildman–Crippen LogP) is 5.79. The highest BCUT2D eigenvalue weighted by atomic mass is 35.5. The van der Waals surface area contributed by atoms with Crippen molar-refractivity contribution in [2.75, 3.05) is 36.3 Å². The summed E-state index contributed by atoms with van der Waals surface area (Å²) in [5.74, 6) is 2.57. The molecular formula is C29H38Cl2N2O3. The highest BCUT2D eigenvalue weighted by molar-refractivity contribution is 6.18. The van der Waals surface area contributed by atoms with E-state index < -0.39 is 0 Å². The number of nitrogens with zero attached hydrogens (tertiary/aromatic N) is 1. The highest BCUT2D eigenvalue weighted by Gasteiger charge is 2.60. The monoisotopic (exact) mass is 532 g/mol. The van der Waals surface area contributed by atoms with E-state index in [2.05, 4.69) is 24.1 Å². The predicted molar refractivity (Wildman–Crippen MR) is 145 cm³/mol. The lowest BCUT2D eigenvalue weighted by atomic mass is 9.48. The average molecular weight is 534 g/mol. The van der Waals surface area contributed by atoms with Crippen molar-refractivity contribution in [2.24, 2.45) is 28.6 Å². The van der Waals surface area contributed by atoms with Crippen LogP contribution in [0.25, 0.3) is 0 Å². The lowest BCUT2D eigenvalue weighted by molar-refractivity contribution is -0.119. The van der Waals surface area contributed by atoms with Gasteiger partial charge in [-0.3, -0.25) is 4.79 Å². The molecule has 1 heterocycles. The molecule has 1 aromatic carbocycles. The average Bonchev–Trinajstić information content (AvgIpc) is 3.20. The maximum atomic E-state index is 13.3. The number of hydrogen-bond donors (Lipinski definition) is 1. The Morgan fingerprint density at radius 1 is 1.11 bits per heavy atom. The normalized spacial score (nSPS) is 35.1. The summed E-state index contributed by atoms with van der Waals surface area (Å²) in [7, 11) is 0. The van der Waals surface area contributed by atoms with Crippen molar-refractivity contribution in [2.45, 2.75) is 58.5 Å². The minimum Gasteiger partial charge on any atom is -0.458 e. The number of ether oxygens (including phenoxy) is 1. The molecule has 0 radical (unpaired) electrons. The summed E-state index contributed by atoms with van der Waals surface area (Å²) in [4.78, 5) is 27.4. The van der Waals surface area contributed by atoms with E-state index in [-0.39, 0.29) is 28.8 Å². The number of alkyl halides is 2. The van der Waals surface area contributed by atoms with Crippen LogP contribution < -0.4 is 10.2 Å². The van der Waals surface area contributed by atoms with Gasteiger partial charge in [-0.15, -0.1) is 23.2 Å². The number of carbonyl (C=O) groups excluding carboxylic acids is 2. The van der Waals surface area contributed by atoms with Gasteiger partial charge in [-0.25, -0.2) is 4.79 Å². The first-order valence-corrected chi connectivity index (χ1v) is 14.5. The molecule has 7 heteroatoms. The Bertz CT molecular complexity index is 1040. The molecule has 0 saturated heterocycles. The van der Waals surface area contributed by atoms with E-state index in [1.165, 1.54) is 5.57 Å². The van der Waals surface area contributed by atoms with E-state index in [1.807, 2.05) is 30.3 Å². The fourth-order valence-electron chi connectivity index (χ4n) is 8.04. The van der Waals surface area contributed by atoms with E-state index in [4.69, 9.17) is 27.9 Å². The second-order valence-corrected chi connectivity index (χ2v) is 12.4. The number of carbonyl (C=O) groups is 2. The van der Waals surface area contributed by atoms with E-state index in [9.17, 15) is 9.59 Å². The lowest BCUT2D eigenvalue weighted by Gasteiger charge is -2.57. The molecule has 3 saturated carbocycles. The smallest absolute Gasteiger partial charge is 0.338 e. The molecule has 1 aliphatic heterocycles. The number of benzene rings is 1. The topological polar surface area (TPSA) is 58.6 Å². The van der Waals surface area contributed by atoms with Crippen LogP contribution in [0.15, 0.2) is 35.9 Å². The molecule has 6 atom stereocenters. The van der Waals surface area contributed by atoms with E-state index in [0.29, 0.717) is 48.2 Å². The molecule has 1 amide bonds. The van der Waals surface area contributed by atoms with E-state index >= 15 is 0 Å².